The molecule has 8 heteroatoms. The summed E-state index contributed by atoms with van der Waals surface area (Å²) in [6.07, 6.45) is 3.96. The number of rotatable bonds is 4. The average molecular weight is 353 g/mol. The van der Waals surface area contributed by atoms with Crippen LogP contribution in [0.25, 0.3) is 11.5 Å². The van der Waals surface area contributed by atoms with Crippen LogP contribution >= 0.6 is 0 Å². The maximum Gasteiger partial charge on any atom is 0.292 e. The molecular weight excluding hydrogens is 334 g/mol. The Morgan fingerprint density at radius 3 is 2.96 bits per heavy atom. The summed E-state index contributed by atoms with van der Waals surface area (Å²) < 4.78 is 11.1. The van der Waals surface area contributed by atoms with Crippen molar-refractivity contribution >= 4 is 5.91 Å². The first kappa shape index (κ1) is 16.4. The minimum absolute atomic E-state index is 0.185. The van der Waals surface area contributed by atoms with E-state index in [-0.39, 0.29) is 11.9 Å². The Hall–Kier alpha value is -3.03. The molecule has 1 amide bonds. The molecular formula is C18H19N5O3. The van der Waals surface area contributed by atoms with Gasteiger partial charge < -0.3 is 13.8 Å². The molecule has 0 aliphatic carbocycles. The van der Waals surface area contributed by atoms with E-state index < -0.39 is 0 Å². The summed E-state index contributed by atoms with van der Waals surface area (Å²) in [6.45, 7) is 4.34. The van der Waals surface area contributed by atoms with Crippen LogP contribution in [0, 0.1) is 6.92 Å². The highest BCUT2D eigenvalue weighted by molar-refractivity contribution is 5.92. The molecule has 1 fully saturated rings. The maximum absolute atomic E-state index is 12.9. The number of amides is 1. The van der Waals surface area contributed by atoms with Gasteiger partial charge in [-0.05, 0) is 31.9 Å². The monoisotopic (exact) mass is 353 g/mol. The lowest BCUT2D eigenvalue weighted by Crippen LogP contribution is -2.31. The van der Waals surface area contributed by atoms with Crippen LogP contribution in [0.3, 0.4) is 0 Å². The fourth-order valence-electron chi connectivity index (χ4n) is 3.17. The summed E-state index contributed by atoms with van der Waals surface area (Å²) in [5.74, 6) is 1.51. The second-order valence-electron chi connectivity index (χ2n) is 6.20. The Bertz CT molecular complexity index is 918. The Labute approximate surface area is 150 Å². The topological polar surface area (TPSA) is 98.2 Å². The SMILES string of the molecule is CCc1nc(C)c(C(=O)N2CCCC2c2nc(-c3ccccn3)no2)o1. The second-order valence-corrected chi connectivity index (χ2v) is 6.20. The van der Waals surface area contributed by atoms with Gasteiger partial charge in [-0.15, -0.1) is 0 Å². The zero-order chi connectivity index (χ0) is 18.1. The third-order valence-electron chi connectivity index (χ3n) is 4.47. The van der Waals surface area contributed by atoms with Crippen LogP contribution < -0.4 is 0 Å². The van der Waals surface area contributed by atoms with Crippen molar-refractivity contribution in [1.82, 2.24) is 25.0 Å². The Morgan fingerprint density at radius 1 is 1.35 bits per heavy atom. The van der Waals surface area contributed by atoms with Crippen LogP contribution in [0.1, 0.15) is 53.8 Å². The molecule has 0 spiro atoms. The molecule has 3 aromatic heterocycles. The standard InChI is InChI=1S/C18H19N5O3/c1-3-14-20-11(2)15(25-14)18(24)23-10-6-8-13(23)17-21-16(22-26-17)12-7-4-5-9-19-12/h4-5,7,9,13H,3,6,8,10H2,1-2H3. The van der Waals surface area contributed by atoms with Crippen molar-refractivity contribution in [3.8, 4) is 11.5 Å². The van der Waals surface area contributed by atoms with Gasteiger partial charge in [-0.1, -0.05) is 18.1 Å². The number of oxazole rings is 1. The van der Waals surface area contributed by atoms with Crippen molar-refractivity contribution in [2.45, 2.75) is 39.2 Å². The Balaban J connectivity index is 1.60. The molecule has 26 heavy (non-hydrogen) atoms. The van der Waals surface area contributed by atoms with E-state index in [1.807, 2.05) is 25.1 Å². The Kier molecular flexibility index (Phi) is 4.24. The van der Waals surface area contributed by atoms with E-state index in [4.69, 9.17) is 8.94 Å². The van der Waals surface area contributed by atoms with Gasteiger partial charge in [0, 0.05) is 19.2 Å². The van der Waals surface area contributed by atoms with Crippen molar-refractivity contribution < 1.29 is 13.7 Å². The van der Waals surface area contributed by atoms with Crippen molar-refractivity contribution in [2.24, 2.45) is 0 Å². The summed E-state index contributed by atoms with van der Waals surface area (Å²) >= 11 is 0. The summed E-state index contributed by atoms with van der Waals surface area (Å²) in [5.41, 5.74) is 1.24. The third kappa shape index (κ3) is 2.87. The number of pyridine rings is 1. The zero-order valence-corrected chi connectivity index (χ0v) is 14.7. The minimum atomic E-state index is -0.262. The van der Waals surface area contributed by atoms with Gasteiger partial charge in [0.25, 0.3) is 5.91 Å². The number of carbonyl (C=O) groups excluding carboxylic acids is 1. The smallest absolute Gasteiger partial charge is 0.292 e. The predicted molar refractivity (Wildman–Crippen MR) is 91.2 cm³/mol. The maximum atomic E-state index is 12.9. The molecule has 0 bridgehead atoms. The van der Waals surface area contributed by atoms with Crippen molar-refractivity contribution in [2.75, 3.05) is 6.54 Å². The first-order valence-corrected chi connectivity index (χ1v) is 8.69. The molecule has 1 saturated heterocycles. The number of hydrogen-bond donors (Lipinski definition) is 0. The number of carbonyl (C=O) groups is 1. The fraction of sp³-hybridized carbons (Fsp3) is 0.389. The highest BCUT2D eigenvalue weighted by Gasteiger charge is 2.36. The third-order valence-corrected chi connectivity index (χ3v) is 4.47. The van der Waals surface area contributed by atoms with E-state index in [1.54, 1.807) is 18.0 Å². The van der Waals surface area contributed by atoms with Crippen LogP contribution in [0.2, 0.25) is 0 Å². The summed E-state index contributed by atoms with van der Waals surface area (Å²) in [7, 11) is 0. The molecule has 4 heterocycles. The molecule has 8 nitrogen and oxygen atoms in total. The zero-order valence-electron chi connectivity index (χ0n) is 14.7. The van der Waals surface area contributed by atoms with Gasteiger partial charge in [-0.2, -0.15) is 4.98 Å². The van der Waals surface area contributed by atoms with Gasteiger partial charge in [0.1, 0.15) is 11.7 Å². The molecule has 0 radical (unpaired) electrons. The molecule has 1 aliphatic rings. The van der Waals surface area contributed by atoms with Gasteiger partial charge in [0.2, 0.25) is 17.5 Å². The van der Waals surface area contributed by atoms with Crippen molar-refractivity contribution in [3.63, 3.8) is 0 Å². The minimum Gasteiger partial charge on any atom is -0.435 e. The van der Waals surface area contributed by atoms with Crippen molar-refractivity contribution in [1.29, 1.82) is 0 Å². The van der Waals surface area contributed by atoms with E-state index in [1.165, 1.54) is 0 Å². The van der Waals surface area contributed by atoms with Crippen LogP contribution in [0.15, 0.2) is 33.3 Å². The first-order valence-electron chi connectivity index (χ1n) is 8.69. The van der Waals surface area contributed by atoms with Crippen LogP contribution in [0.4, 0.5) is 0 Å². The normalized spacial score (nSPS) is 17.0. The molecule has 0 N–H and O–H groups in total. The van der Waals surface area contributed by atoms with Crippen LogP contribution in [-0.2, 0) is 6.42 Å². The molecule has 0 saturated carbocycles. The highest BCUT2D eigenvalue weighted by Crippen LogP contribution is 2.33. The van der Waals surface area contributed by atoms with Gasteiger partial charge in [-0.25, -0.2) is 4.98 Å². The molecule has 1 unspecified atom stereocenters. The fourth-order valence-corrected chi connectivity index (χ4v) is 3.17. The second kappa shape index (κ2) is 6.70. The van der Waals surface area contributed by atoms with Gasteiger partial charge >= 0.3 is 0 Å². The molecule has 3 aromatic rings. The van der Waals surface area contributed by atoms with E-state index in [0.29, 0.717) is 47.7 Å². The number of likely N-dealkylation sites (tertiary alicyclic amines) is 1. The average Bonchev–Trinajstić information content (AvgIpc) is 3.40. The summed E-state index contributed by atoms with van der Waals surface area (Å²) in [5, 5.41) is 4.01. The largest absolute Gasteiger partial charge is 0.435 e. The number of hydrogen-bond acceptors (Lipinski definition) is 7. The van der Waals surface area contributed by atoms with Crippen molar-refractivity contribution in [3.05, 3.63) is 47.6 Å². The molecule has 1 aliphatic heterocycles. The van der Waals surface area contributed by atoms with E-state index in [2.05, 4.69) is 20.1 Å². The lowest BCUT2D eigenvalue weighted by atomic mass is 10.2. The van der Waals surface area contributed by atoms with E-state index >= 15 is 0 Å². The van der Waals surface area contributed by atoms with E-state index in [9.17, 15) is 4.79 Å². The van der Waals surface area contributed by atoms with Crippen LogP contribution in [-0.4, -0.2) is 37.5 Å². The summed E-state index contributed by atoms with van der Waals surface area (Å²) in [4.78, 5) is 27.6. The first-order chi connectivity index (χ1) is 12.7. The van der Waals surface area contributed by atoms with Gasteiger partial charge in [0.05, 0.1) is 5.69 Å². The predicted octanol–water partition coefficient (Wildman–Crippen LogP) is 2.97. The van der Waals surface area contributed by atoms with Crippen LogP contribution in [0.5, 0.6) is 0 Å². The summed E-state index contributed by atoms with van der Waals surface area (Å²) in [6, 6.07) is 5.24. The quantitative estimate of drug-likeness (QED) is 0.711. The molecule has 1 atom stereocenters. The molecule has 0 aromatic carbocycles. The van der Waals surface area contributed by atoms with Gasteiger partial charge in [0.15, 0.2) is 5.89 Å². The number of nitrogens with zero attached hydrogens (tertiary/aromatic N) is 5. The molecule has 134 valence electrons. The van der Waals surface area contributed by atoms with Gasteiger partial charge in [-0.3, -0.25) is 9.78 Å². The Morgan fingerprint density at radius 2 is 2.23 bits per heavy atom. The van der Waals surface area contributed by atoms with E-state index in [0.717, 1.165) is 12.8 Å². The highest BCUT2D eigenvalue weighted by atomic mass is 16.5. The lowest BCUT2D eigenvalue weighted by molar-refractivity contribution is 0.0675. The molecule has 4 rings (SSSR count). The number of aryl methyl sites for hydroxylation is 2. The lowest BCUT2D eigenvalue weighted by Gasteiger charge is -2.20. The number of aromatic nitrogens is 4.